The molecule has 0 radical (unpaired) electrons. The molecule has 0 saturated heterocycles. The molecule has 0 aromatic carbocycles. The zero-order valence-corrected chi connectivity index (χ0v) is 14.9. The van der Waals surface area contributed by atoms with Crippen LogP contribution in [-0.4, -0.2) is 34.0 Å². The van der Waals surface area contributed by atoms with Crippen LogP contribution in [0.25, 0.3) is 0 Å². The molecule has 0 spiro atoms. The maximum Gasteiger partial charge on any atom is 0.247 e. The lowest BCUT2D eigenvalue weighted by Crippen LogP contribution is -2.30. The summed E-state index contributed by atoms with van der Waals surface area (Å²) in [6, 6.07) is 3.26. The number of nitrogens with zero attached hydrogens (tertiary/aromatic N) is 3. The third kappa shape index (κ3) is 5.17. The van der Waals surface area contributed by atoms with Crippen LogP contribution >= 0.6 is 36.6 Å². The Bertz CT molecular complexity index is 590. The van der Waals surface area contributed by atoms with Crippen molar-refractivity contribution < 1.29 is 4.79 Å². The summed E-state index contributed by atoms with van der Waals surface area (Å²) in [7, 11) is 3.55. The van der Waals surface area contributed by atoms with Crippen LogP contribution in [0.5, 0.6) is 0 Å². The van der Waals surface area contributed by atoms with Crippen molar-refractivity contribution in [1.82, 2.24) is 20.1 Å². The SMILES string of the molecule is CNC(C(=O)Nc1ccc(SC)cn1)c1cnn(C)c1.Cl.Cl. The Labute approximate surface area is 146 Å². The van der Waals surface area contributed by atoms with E-state index in [4.69, 9.17) is 0 Å². The molecular weight excluding hydrogens is 345 g/mol. The molecule has 22 heavy (non-hydrogen) atoms. The van der Waals surface area contributed by atoms with Crippen LogP contribution in [0.15, 0.2) is 35.6 Å². The predicted octanol–water partition coefficient (Wildman–Crippen LogP) is 2.28. The lowest BCUT2D eigenvalue weighted by Gasteiger charge is -2.14. The summed E-state index contributed by atoms with van der Waals surface area (Å²) in [6.45, 7) is 0. The number of amides is 1. The first-order valence-corrected chi connectivity index (χ1v) is 7.33. The van der Waals surface area contributed by atoms with Crippen LogP contribution in [0.2, 0.25) is 0 Å². The summed E-state index contributed by atoms with van der Waals surface area (Å²) in [5, 5.41) is 9.85. The van der Waals surface area contributed by atoms with Crippen LogP contribution in [-0.2, 0) is 11.8 Å². The van der Waals surface area contributed by atoms with Crippen molar-refractivity contribution in [3.05, 3.63) is 36.3 Å². The number of carbonyl (C=O) groups is 1. The minimum absolute atomic E-state index is 0. The standard InChI is InChI=1S/C13H17N5OS.2ClH/c1-14-12(9-6-16-18(2)8-9)13(19)17-11-5-4-10(20-3)7-15-11;;/h4-8,12,14H,1-3H3,(H,15,17,19);2*1H. The van der Waals surface area contributed by atoms with Gasteiger partial charge in [0.2, 0.25) is 5.91 Å². The van der Waals surface area contributed by atoms with Gasteiger partial charge in [-0.2, -0.15) is 5.10 Å². The van der Waals surface area contributed by atoms with Crippen molar-refractivity contribution in [2.75, 3.05) is 18.6 Å². The van der Waals surface area contributed by atoms with Gasteiger partial charge in [0, 0.05) is 29.9 Å². The van der Waals surface area contributed by atoms with E-state index in [1.165, 1.54) is 0 Å². The zero-order chi connectivity index (χ0) is 14.5. The van der Waals surface area contributed by atoms with Crippen molar-refractivity contribution in [1.29, 1.82) is 0 Å². The van der Waals surface area contributed by atoms with Gasteiger partial charge in [0.25, 0.3) is 0 Å². The molecule has 2 heterocycles. The highest BCUT2D eigenvalue weighted by Gasteiger charge is 2.20. The first-order valence-electron chi connectivity index (χ1n) is 6.10. The molecule has 0 bridgehead atoms. The average molecular weight is 364 g/mol. The molecule has 0 saturated carbocycles. The Hall–Kier alpha value is -1.28. The minimum atomic E-state index is -0.453. The van der Waals surface area contributed by atoms with Crippen LogP contribution in [0.3, 0.4) is 0 Å². The second kappa shape index (κ2) is 9.68. The van der Waals surface area contributed by atoms with Crippen LogP contribution in [0, 0.1) is 0 Å². The summed E-state index contributed by atoms with van der Waals surface area (Å²) in [5.41, 5.74) is 0.813. The first kappa shape index (κ1) is 20.7. The molecule has 1 unspecified atom stereocenters. The molecule has 1 amide bonds. The van der Waals surface area contributed by atoms with Gasteiger partial charge in [-0.1, -0.05) is 0 Å². The summed E-state index contributed by atoms with van der Waals surface area (Å²) in [6.07, 6.45) is 7.20. The maximum absolute atomic E-state index is 12.3. The van der Waals surface area contributed by atoms with E-state index in [1.807, 2.05) is 25.6 Å². The topological polar surface area (TPSA) is 71.8 Å². The average Bonchev–Trinajstić information content (AvgIpc) is 2.87. The minimum Gasteiger partial charge on any atom is -0.309 e. The summed E-state index contributed by atoms with van der Waals surface area (Å²) < 4.78 is 1.67. The Morgan fingerprint density at radius 3 is 2.50 bits per heavy atom. The molecule has 1 atom stereocenters. The van der Waals surface area contributed by atoms with Crippen molar-refractivity contribution in [3.8, 4) is 0 Å². The van der Waals surface area contributed by atoms with Gasteiger partial charge in [-0.15, -0.1) is 36.6 Å². The normalized spacial score (nSPS) is 11.0. The molecule has 2 rings (SSSR count). The van der Waals surface area contributed by atoms with Crippen LogP contribution < -0.4 is 10.6 Å². The van der Waals surface area contributed by atoms with Crippen molar-refractivity contribution >= 4 is 48.3 Å². The number of anilines is 1. The number of hydrogen-bond donors (Lipinski definition) is 2. The molecule has 122 valence electrons. The van der Waals surface area contributed by atoms with Gasteiger partial charge < -0.3 is 10.6 Å². The fraction of sp³-hybridized carbons (Fsp3) is 0.308. The van der Waals surface area contributed by atoms with E-state index in [0.717, 1.165) is 10.5 Å². The molecule has 2 N–H and O–H groups in total. The number of carbonyl (C=O) groups excluding carboxylic acids is 1. The molecule has 0 aliphatic carbocycles. The number of halogens is 2. The molecule has 9 heteroatoms. The van der Waals surface area contributed by atoms with Crippen molar-refractivity contribution in [2.24, 2.45) is 7.05 Å². The number of rotatable bonds is 5. The predicted molar refractivity (Wildman–Crippen MR) is 94.2 cm³/mol. The van der Waals surface area contributed by atoms with Crippen molar-refractivity contribution in [3.63, 3.8) is 0 Å². The van der Waals surface area contributed by atoms with Gasteiger partial charge in [0.15, 0.2) is 0 Å². The van der Waals surface area contributed by atoms with E-state index in [1.54, 1.807) is 42.0 Å². The third-order valence-electron chi connectivity index (χ3n) is 2.83. The molecule has 2 aromatic heterocycles. The Kier molecular flexibility index (Phi) is 9.12. The number of nitrogens with one attached hydrogen (secondary N) is 2. The summed E-state index contributed by atoms with van der Waals surface area (Å²) in [5.74, 6) is 0.377. The zero-order valence-electron chi connectivity index (χ0n) is 12.4. The van der Waals surface area contributed by atoms with Crippen LogP contribution in [0.1, 0.15) is 11.6 Å². The largest absolute Gasteiger partial charge is 0.309 e. The summed E-state index contributed by atoms with van der Waals surface area (Å²) in [4.78, 5) is 17.5. The second-order valence-electron chi connectivity index (χ2n) is 4.24. The number of pyridine rings is 1. The van der Waals surface area contributed by atoms with E-state index >= 15 is 0 Å². The molecular formula is C13H19Cl2N5OS. The smallest absolute Gasteiger partial charge is 0.247 e. The maximum atomic E-state index is 12.3. The summed E-state index contributed by atoms with van der Waals surface area (Å²) >= 11 is 1.61. The number of aromatic nitrogens is 3. The van der Waals surface area contributed by atoms with E-state index < -0.39 is 6.04 Å². The quantitative estimate of drug-likeness (QED) is 0.797. The van der Waals surface area contributed by atoms with E-state index in [-0.39, 0.29) is 30.7 Å². The van der Waals surface area contributed by atoms with Gasteiger partial charge in [0.05, 0.1) is 6.20 Å². The second-order valence-corrected chi connectivity index (χ2v) is 5.12. The molecule has 0 fully saturated rings. The Morgan fingerprint density at radius 1 is 1.32 bits per heavy atom. The number of thioether (sulfide) groups is 1. The van der Waals surface area contributed by atoms with Gasteiger partial charge in [-0.3, -0.25) is 9.48 Å². The molecule has 0 aliphatic rings. The van der Waals surface area contributed by atoms with Gasteiger partial charge in [0.1, 0.15) is 11.9 Å². The Morgan fingerprint density at radius 2 is 2.05 bits per heavy atom. The fourth-order valence-electron chi connectivity index (χ4n) is 1.81. The van der Waals surface area contributed by atoms with Gasteiger partial charge >= 0.3 is 0 Å². The number of likely N-dealkylation sites (N-methyl/N-ethyl adjacent to an activating group) is 1. The Balaban J connectivity index is 0.00000220. The van der Waals surface area contributed by atoms with E-state index in [9.17, 15) is 4.79 Å². The monoisotopic (exact) mass is 363 g/mol. The lowest BCUT2D eigenvalue weighted by molar-refractivity contribution is -0.118. The number of hydrogen-bond acceptors (Lipinski definition) is 5. The highest BCUT2D eigenvalue weighted by Crippen LogP contribution is 2.17. The molecule has 0 aliphatic heterocycles. The molecule has 2 aromatic rings. The highest BCUT2D eigenvalue weighted by molar-refractivity contribution is 7.98. The third-order valence-corrected chi connectivity index (χ3v) is 3.55. The van der Waals surface area contributed by atoms with Crippen LogP contribution in [0.4, 0.5) is 5.82 Å². The molecule has 6 nitrogen and oxygen atoms in total. The van der Waals surface area contributed by atoms with E-state index in [2.05, 4.69) is 20.7 Å². The van der Waals surface area contributed by atoms with Gasteiger partial charge in [-0.25, -0.2) is 4.98 Å². The van der Waals surface area contributed by atoms with E-state index in [0.29, 0.717) is 5.82 Å². The fourth-order valence-corrected chi connectivity index (χ4v) is 2.17. The highest BCUT2D eigenvalue weighted by atomic mass is 35.5. The van der Waals surface area contributed by atoms with Gasteiger partial charge in [-0.05, 0) is 25.4 Å². The number of aryl methyl sites for hydroxylation is 1. The lowest BCUT2D eigenvalue weighted by atomic mass is 10.1. The first-order chi connectivity index (χ1) is 9.63. The van der Waals surface area contributed by atoms with Crippen molar-refractivity contribution in [2.45, 2.75) is 10.9 Å².